The second-order valence-corrected chi connectivity index (χ2v) is 12.1. The molecule has 0 saturated heterocycles. The lowest BCUT2D eigenvalue weighted by molar-refractivity contribution is 0.588. The first-order chi connectivity index (χ1) is 12.7. The zero-order valence-electron chi connectivity index (χ0n) is 14.9. The molecule has 0 aliphatic heterocycles. The maximum atomic E-state index is 14.4. The first-order valence-electron chi connectivity index (χ1n) is 8.19. The van der Waals surface area contributed by atoms with Crippen LogP contribution >= 0.6 is 11.6 Å². The van der Waals surface area contributed by atoms with E-state index in [9.17, 15) is 13.2 Å². The van der Waals surface area contributed by atoms with Gasteiger partial charge in [-0.2, -0.15) is 0 Å². The molecular formula is C20H16ClF3N2Si. The summed E-state index contributed by atoms with van der Waals surface area (Å²) in [5, 5.41) is -0.108. The van der Waals surface area contributed by atoms with E-state index in [-0.39, 0.29) is 22.2 Å². The van der Waals surface area contributed by atoms with Crippen LogP contribution in [0.2, 0.25) is 24.8 Å². The molecule has 3 rings (SSSR count). The van der Waals surface area contributed by atoms with E-state index in [1.54, 1.807) is 6.07 Å². The lowest BCUT2D eigenvalue weighted by atomic mass is 10.1. The summed E-state index contributed by atoms with van der Waals surface area (Å²) in [6.45, 7) is 6.15. The molecule has 0 aliphatic carbocycles. The molecule has 0 saturated carbocycles. The van der Waals surface area contributed by atoms with E-state index < -0.39 is 25.5 Å². The summed E-state index contributed by atoms with van der Waals surface area (Å²) in [6, 6.07) is 9.13. The molecule has 0 atom stereocenters. The van der Waals surface area contributed by atoms with Crippen molar-refractivity contribution in [1.29, 1.82) is 0 Å². The van der Waals surface area contributed by atoms with Crippen LogP contribution in [0.15, 0.2) is 42.5 Å². The fourth-order valence-corrected chi connectivity index (χ4v) is 3.27. The summed E-state index contributed by atoms with van der Waals surface area (Å²) in [4.78, 5) is 4.20. The molecule has 2 aromatic carbocycles. The SMILES string of the molecule is C[Si](C)(C)C#Cc1nc(Cl)c(-c2c(F)cccc2F)n1-c1cccc(F)c1. The first-order valence-corrected chi connectivity index (χ1v) is 12.1. The van der Waals surface area contributed by atoms with Gasteiger partial charge >= 0.3 is 0 Å². The average Bonchev–Trinajstić information content (AvgIpc) is 2.89. The molecule has 2 nitrogen and oxygen atoms in total. The van der Waals surface area contributed by atoms with Gasteiger partial charge in [-0.3, -0.25) is 4.57 Å². The van der Waals surface area contributed by atoms with Gasteiger partial charge in [-0.1, -0.05) is 43.4 Å². The average molecular weight is 405 g/mol. The highest BCUT2D eigenvalue weighted by Gasteiger charge is 2.24. The number of aromatic nitrogens is 2. The Kier molecular flexibility index (Phi) is 5.18. The van der Waals surface area contributed by atoms with E-state index in [4.69, 9.17) is 11.6 Å². The summed E-state index contributed by atoms with van der Waals surface area (Å²) in [6.07, 6.45) is 0. The van der Waals surface area contributed by atoms with Crippen molar-refractivity contribution < 1.29 is 13.2 Å². The molecule has 0 unspecified atom stereocenters. The third-order valence-electron chi connectivity index (χ3n) is 3.65. The molecular weight excluding hydrogens is 389 g/mol. The fourth-order valence-electron chi connectivity index (χ4n) is 2.53. The highest BCUT2D eigenvalue weighted by atomic mass is 35.5. The minimum atomic E-state index is -1.76. The molecule has 27 heavy (non-hydrogen) atoms. The lowest BCUT2D eigenvalue weighted by Crippen LogP contribution is -2.16. The van der Waals surface area contributed by atoms with Gasteiger partial charge in [-0.05, 0) is 36.3 Å². The Labute approximate surface area is 161 Å². The van der Waals surface area contributed by atoms with Gasteiger partial charge in [0.25, 0.3) is 0 Å². The van der Waals surface area contributed by atoms with E-state index in [0.717, 1.165) is 12.1 Å². The highest BCUT2D eigenvalue weighted by molar-refractivity contribution is 6.83. The number of nitrogens with zero attached hydrogens (tertiary/aromatic N) is 2. The van der Waals surface area contributed by atoms with Gasteiger partial charge in [0.1, 0.15) is 25.5 Å². The number of halogens is 4. The third kappa shape index (κ3) is 4.10. The molecule has 0 fully saturated rings. The quantitative estimate of drug-likeness (QED) is 0.387. The van der Waals surface area contributed by atoms with E-state index in [2.05, 4.69) is 36.1 Å². The summed E-state index contributed by atoms with van der Waals surface area (Å²) >= 11 is 6.25. The zero-order chi connectivity index (χ0) is 19.8. The van der Waals surface area contributed by atoms with Crippen molar-refractivity contribution in [1.82, 2.24) is 9.55 Å². The molecule has 0 radical (unpaired) electrons. The highest BCUT2D eigenvalue weighted by Crippen LogP contribution is 2.35. The lowest BCUT2D eigenvalue weighted by Gasteiger charge is -2.12. The summed E-state index contributed by atoms with van der Waals surface area (Å²) in [7, 11) is -1.76. The normalized spacial score (nSPS) is 11.2. The molecule has 0 bridgehead atoms. The van der Waals surface area contributed by atoms with Crippen LogP contribution in [0.5, 0.6) is 0 Å². The van der Waals surface area contributed by atoms with E-state index in [1.807, 2.05) is 0 Å². The van der Waals surface area contributed by atoms with Crippen LogP contribution in [0.4, 0.5) is 13.2 Å². The van der Waals surface area contributed by atoms with Crippen molar-refractivity contribution in [2.75, 3.05) is 0 Å². The molecule has 138 valence electrons. The van der Waals surface area contributed by atoms with Crippen molar-refractivity contribution in [3.8, 4) is 28.4 Å². The zero-order valence-corrected chi connectivity index (χ0v) is 16.7. The molecule has 7 heteroatoms. The minimum absolute atomic E-state index is 0.00209. The standard InChI is InChI=1S/C20H16ClF3N2Si/c1-27(2,3)11-10-17-25-20(21)19(18-15(23)8-5-9-16(18)24)26(17)14-7-4-6-13(22)12-14/h4-9,12H,1-3H3. The molecule has 0 aliphatic rings. The summed E-state index contributed by atoms with van der Waals surface area (Å²) < 4.78 is 44.1. The van der Waals surface area contributed by atoms with Crippen molar-refractivity contribution in [2.24, 2.45) is 0 Å². The Morgan fingerprint density at radius 2 is 1.63 bits per heavy atom. The van der Waals surface area contributed by atoms with Crippen molar-refractivity contribution in [3.63, 3.8) is 0 Å². The van der Waals surface area contributed by atoms with Gasteiger partial charge in [0.2, 0.25) is 0 Å². The van der Waals surface area contributed by atoms with Gasteiger partial charge in [-0.15, -0.1) is 5.54 Å². The van der Waals surface area contributed by atoms with Crippen LogP contribution in [0.1, 0.15) is 5.82 Å². The topological polar surface area (TPSA) is 17.8 Å². The van der Waals surface area contributed by atoms with Crippen molar-refractivity contribution in [2.45, 2.75) is 19.6 Å². The van der Waals surface area contributed by atoms with Crippen molar-refractivity contribution in [3.05, 3.63) is 70.9 Å². The number of hydrogen-bond acceptors (Lipinski definition) is 1. The number of rotatable bonds is 2. The molecule has 0 amide bonds. The van der Waals surface area contributed by atoms with Crippen molar-refractivity contribution >= 4 is 19.7 Å². The van der Waals surface area contributed by atoms with Crippen LogP contribution in [-0.2, 0) is 0 Å². The number of hydrogen-bond donors (Lipinski definition) is 0. The summed E-state index contributed by atoms with van der Waals surface area (Å²) in [5.41, 5.74) is 3.14. The van der Waals surface area contributed by atoms with E-state index >= 15 is 0 Å². The number of benzene rings is 2. The Morgan fingerprint density at radius 3 is 2.22 bits per heavy atom. The minimum Gasteiger partial charge on any atom is -0.284 e. The Bertz CT molecular complexity index is 1050. The van der Waals surface area contributed by atoms with Crippen LogP contribution in [0, 0.1) is 28.9 Å². The maximum Gasteiger partial charge on any atom is 0.191 e. The van der Waals surface area contributed by atoms with Gasteiger partial charge < -0.3 is 0 Å². The molecule has 1 heterocycles. The maximum absolute atomic E-state index is 14.4. The summed E-state index contributed by atoms with van der Waals surface area (Å²) in [5.74, 6) is 1.07. The largest absolute Gasteiger partial charge is 0.284 e. The van der Waals surface area contributed by atoms with Crippen LogP contribution in [0.25, 0.3) is 16.9 Å². The third-order valence-corrected chi connectivity index (χ3v) is 4.79. The fraction of sp³-hybridized carbons (Fsp3) is 0.150. The van der Waals surface area contributed by atoms with Gasteiger partial charge in [0, 0.05) is 0 Å². The van der Waals surface area contributed by atoms with Gasteiger partial charge in [-0.25, -0.2) is 18.2 Å². The van der Waals surface area contributed by atoms with E-state index in [0.29, 0.717) is 5.69 Å². The molecule has 0 N–H and O–H groups in total. The van der Waals surface area contributed by atoms with Crippen LogP contribution in [-0.4, -0.2) is 17.6 Å². The predicted molar refractivity (Wildman–Crippen MR) is 104 cm³/mol. The Morgan fingerprint density at radius 1 is 1.00 bits per heavy atom. The van der Waals surface area contributed by atoms with E-state index in [1.165, 1.54) is 28.8 Å². The Hall–Kier alpha value is -2.49. The monoisotopic (exact) mass is 404 g/mol. The number of imidazole rings is 1. The second kappa shape index (κ2) is 7.26. The van der Waals surface area contributed by atoms with Crippen LogP contribution < -0.4 is 0 Å². The molecule has 0 spiro atoms. The molecule has 3 aromatic rings. The predicted octanol–water partition coefficient (Wildman–Crippen LogP) is 5.84. The van der Waals surface area contributed by atoms with Gasteiger partial charge in [0.15, 0.2) is 11.0 Å². The smallest absolute Gasteiger partial charge is 0.191 e. The van der Waals surface area contributed by atoms with Crippen LogP contribution in [0.3, 0.4) is 0 Å². The second-order valence-electron chi connectivity index (χ2n) is 6.99. The molecule has 1 aromatic heterocycles. The van der Waals surface area contributed by atoms with Gasteiger partial charge in [0.05, 0.1) is 16.9 Å². The first kappa shape index (κ1) is 19.3. The Balaban J connectivity index is 2.37.